The zero-order valence-electron chi connectivity index (χ0n) is 16.9. The summed E-state index contributed by atoms with van der Waals surface area (Å²) >= 11 is 0. The lowest BCUT2D eigenvalue weighted by molar-refractivity contribution is -0.134. The molecule has 4 rings (SSSR count). The quantitative estimate of drug-likeness (QED) is 0.767. The molecule has 0 saturated carbocycles. The molecule has 2 aromatic rings. The minimum Gasteiger partial charge on any atom is -0.325 e. The Bertz CT molecular complexity index is 959. The van der Waals surface area contributed by atoms with Gasteiger partial charge in [0.25, 0.3) is 0 Å². The SMILES string of the molecule is CC1CCN(CC(=O)Nc2ccc3c(C4CCC(=O)NC4=O)nn(C)c3c2)CC1. The highest BCUT2D eigenvalue weighted by Gasteiger charge is 2.31. The van der Waals surface area contributed by atoms with Gasteiger partial charge < -0.3 is 5.32 Å². The van der Waals surface area contributed by atoms with Gasteiger partial charge in [0, 0.05) is 24.5 Å². The zero-order chi connectivity index (χ0) is 20.5. The first-order valence-electron chi connectivity index (χ1n) is 10.2. The molecule has 3 amide bonds. The molecule has 2 N–H and O–H groups in total. The molecule has 2 aliphatic heterocycles. The topological polar surface area (TPSA) is 96.3 Å². The van der Waals surface area contributed by atoms with Crippen molar-refractivity contribution in [2.24, 2.45) is 13.0 Å². The smallest absolute Gasteiger partial charge is 0.238 e. The van der Waals surface area contributed by atoms with Gasteiger partial charge in [0.05, 0.1) is 23.7 Å². The van der Waals surface area contributed by atoms with E-state index in [9.17, 15) is 14.4 Å². The van der Waals surface area contributed by atoms with Crippen LogP contribution in [-0.4, -0.2) is 52.0 Å². The molecule has 8 nitrogen and oxygen atoms in total. The molecule has 2 fully saturated rings. The number of fused-ring (bicyclic) bond motifs is 1. The number of likely N-dealkylation sites (tertiary alicyclic amines) is 1. The molecular formula is C21H27N5O3. The van der Waals surface area contributed by atoms with Gasteiger partial charge in [0.1, 0.15) is 0 Å². The first-order chi connectivity index (χ1) is 13.9. The van der Waals surface area contributed by atoms with Crippen LogP contribution in [0.3, 0.4) is 0 Å². The van der Waals surface area contributed by atoms with E-state index >= 15 is 0 Å². The molecule has 154 valence electrons. The minimum atomic E-state index is -0.432. The lowest BCUT2D eigenvalue weighted by atomic mass is 9.93. The molecule has 2 saturated heterocycles. The minimum absolute atomic E-state index is 0.0218. The van der Waals surface area contributed by atoms with Gasteiger partial charge >= 0.3 is 0 Å². The second-order valence-electron chi connectivity index (χ2n) is 8.25. The van der Waals surface area contributed by atoms with Crippen LogP contribution in [0.4, 0.5) is 5.69 Å². The number of hydrogen-bond acceptors (Lipinski definition) is 5. The van der Waals surface area contributed by atoms with E-state index in [1.165, 1.54) is 0 Å². The number of nitrogens with zero attached hydrogens (tertiary/aromatic N) is 3. The van der Waals surface area contributed by atoms with Crippen LogP contribution in [0.25, 0.3) is 10.9 Å². The molecule has 0 radical (unpaired) electrons. The predicted molar refractivity (Wildman–Crippen MR) is 109 cm³/mol. The molecule has 1 unspecified atom stereocenters. The number of aromatic nitrogens is 2. The molecule has 0 aliphatic carbocycles. The number of nitrogens with one attached hydrogen (secondary N) is 2. The summed E-state index contributed by atoms with van der Waals surface area (Å²) in [5.74, 6) is -0.251. The first-order valence-corrected chi connectivity index (χ1v) is 10.2. The average molecular weight is 397 g/mol. The highest BCUT2D eigenvalue weighted by atomic mass is 16.2. The number of rotatable bonds is 4. The maximum Gasteiger partial charge on any atom is 0.238 e. The standard InChI is InChI=1S/C21H27N5O3/c1-13-7-9-26(10-8-13)12-19(28)22-14-3-4-15-17(11-14)25(2)24-20(15)16-5-6-18(27)23-21(16)29/h3-4,11,13,16H,5-10,12H2,1-2H3,(H,22,28)(H,23,27,29). The fourth-order valence-corrected chi connectivity index (χ4v) is 4.20. The van der Waals surface area contributed by atoms with Crippen LogP contribution in [0.1, 0.15) is 44.2 Å². The average Bonchev–Trinajstić information content (AvgIpc) is 3.00. The Morgan fingerprint density at radius 3 is 2.72 bits per heavy atom. The van der Waals surface area contributed by atoms with E-state index in [0.29, 0.717) is 30.8 Å². The first kappa shape index (κ1) is 19.6. The van der Waals surface area contributed by atoms with Gasteiger partial charge in [-0.25, -0.2) is 0 Å². The Hall–Kier alpha value is -2.74. The van der Waals surface area contributed by atoms with E-state index in [1.54, 1.807) is 4.68 Å². The summed E-state index contributed by atoms with van der Waals surface area (Å²) in [6.45, 7) is 4.58. The molecule has 1 aromatic carbocycles. The lowest BCUT2D eigenvalue weighted by Gasteiger charge is -2.29. The molecule has 0 spiro atoms. The largest absolute Gasteiger partial charge is 0.325 e. The molecule has 8 heteroatoms. The molecular weight excluding hydrogens is 370 g/mol. The van der Waals surface area contributed by atoms with Crippen molar-refractivity contribution in [1.29, 1.82) is 0 Å². The summed E-state index contributed by atoms with van der Waals surface area (Å²) in [5, 5.41) is 10.8. The second-order valence-corrected chi connectivity index (χ2v) is 8.25. The predicted octanol–water partition coefficient (Wildman–Crippen LogP) is 1.76. The molecule has 2 aliphatic rings. The van der Waals surface area contributed by atoms with E-state index in [0.717, 1.165) is 42.8 Å². The number of amides is 3. The van der Waals surface area contributed by atoms with Gasteiger partial charge in [-0.1, -0.05) is 6.92 Å². The van der Waals surface area contributed by atoms with Gasteiger partial charge in [-0.15, -0.1) is 0 Å². The fraction of sp³-hybridized carbons (Fsp3) is 0.524. The maximum atomic E-state index is 12.4. The lowest BCUT2D eigenvalue weighted by Crippen LogP contribution is -2.39. The summed E-state index contributed by atoms with van der Waals surface area (Å²) in [4.78, 5) is 38.3. The number of carbonyl (C=O) groups is 3. The monoisotopic (exact) mass is 397 g/mol. The Kier molecular flexibility index (Phi) is 5.36. The third kappa shape index (κ3) is 4.17. The van der Waals surface area contributed by atoms with E-state index in [4.69, 9.17) is 0 Å². The Balaban J connectivity index is 1.48. The van der Waals surface area contributed by atoms with Crippen molar-refractivity contribution >= 4 is 34.3 Å². The molecule has 29 heavy (non-hydrogen) atoms. The van der Waals surface area contributed by atoms with E-state index in [2.05, 4.69) is 27.6 Å². The Morgan fingerprint density at radius 1 is 1.24 bits per heavy atom. The van der Waals surface area contributed by atoms with E-state index in [-0.39, 0.29) is 17.7 Å². The number of imide groups is 1. The van der Waals surface area contributed by atoms with Crippen molar-refractivity contribution < 1.29 is 14.4 Å². The van der Waals surface area contributed by atoms with Gasteiger partial charge in [0.15, 0.2) is 0 Å². The number of hydrogen-bond donors (Lipinski definition) is 2. The highest BCUT2D eigenvalue weighted by molar-refractivity contribution is 6.03. The summed E-state index contributed by atoms with van der Waals surface area (Å²) in [6, 6.07) is 5.61. The second kappa shape index (κ2) is 7.94. The van der Waals surface area contributed by atoms with Crippen molar-refractivity contribution in [3.8, 4) is 0 Å². The molecule has 3 heterocycles. The van der Waals surface area contributed by atoms with Crippen molar-refractivity contribution in [1.82, 2.24) is 20.0 Å². The van der Waals surface area contributed by atoms with Crippen LogP contribution in [0, 0.1) is 5.92 Å². The number of carbonyl (C=O) groups excluding carboxylic acids is 3. The van der Waals surface area contributed by atoms with Gasteiger partial charge in [-0.05, 0) is 56.5 Å². The van der Waals surface area contributed by atoms with Crippen molar-refractivity contribution in [2.75, 3.05) is 25.0 Å². The summed E-state index contributed by atoms with van der Waals surface area (Å²) in [6.07, 6.45) is 3.05. The number of benzene rings is 1. The third-order valence-corrected chi connectivity index (χ3v) is 5.98. The normalized spacial score (nSPS) is 21.4. The van der Waals surface area contributed by atoms with Crippen LogP contribution in [0.2, 0.25) is 0 Å². The van der Waals surface area contributed by atoms with Crippen LogP contribution < -0.4 is 10.6 Å². The number of piperidine rings is 2. The maximum absolute atomic E-state index is 12.4. The zero-order valence-corrected chi connectivity index (χ0v) is 16.9. The van der Waals surface area contributed by atoms with Crippen LogP contribution in [0.15, 0.2) is 18.2 Å². The highest BCUT2D eigenvalue weighted by Crippen LogP contribution is 2.31. The summed E-state index contributed by atoms with van der Waals surface area (Å²) < 4.78 is 1.72. The molecule has 1 aromatic heterocycles. The van der Waals surface area contributed by atoms with Crippen LogP contribution >= 0.6 is 0 Å². The number of anilines is 1. The number of aryl methyl sites for hydroxylation is 1. The summed E-state index contributed by atoms with van der Waals surface area (Å²) in [5.41, 5.74) is 2.23. The third-order valence-electron chi connectivity index (χ3n) is 5.98. The molecule has 1 atom stereocenters. The van der Waals surface area contributed by atoms with Crippen LogP contribution in [0.5, 0.6) is 0 Å². The van der Waals surface area contributed by atoms with Gasteiger partial charge in [0.2, 0.25) is 17.7 Å². The van der Waals surface area contributed by atoms with E-state index in [1.807, 2.05) is 25.2 Å². The van der Waals surface area contributed by atoms with Crippen molar-refractivity contribution in [3.63, 3.8) is 0 Å². The van der Waals surface area contributed by atoms with Crippen molar-refractivity contribution in [2.45, 2.75) is 38.5 Å². The Labute approximate surface area is 169 Å². The van der Waals surface area contributed by atoms with E-state index < -0.39 is 5.92 Å². The fourth-order valence-electron chi connectivity index (χ4n) is 4.20. The van der Waals surface area contributed by atoms with Crippen LogP contribution in [-0.2, 0) is 21.4 Å². The van der Waals surface area contributed by atoms with Crippen molar-refractivity contribution in [3.05, 3.63) is 23.9 Å². The molecule has 0 bridgehead atoms. The van der Waals surface area contributed by atoms with Gasteiger partial charge in [-0.3, -0.25) is 29.3 Å². The summed E-state index contributed by atoms with van der Waals surface area (Å²) in [7, 11) is 1.82. The van der Waals surface area contributed by atoms with Gasteiger partial charge in [-0.2, -0.15) is 5.10 Å². The Morgan fingerprint density at radius 2 is 2.00 bits per heavy atom.